The molecule has 1 aromatic heterocycles. The molecule has 0 saturated carbocycles. The van der Waals surface area contributed by atoms with Crippen molar-refractivity contribution in [1.29, 1.82) is 0 Å². The average molecular weight is 329 g/mol. The summed E-state index contributed by atoms with van der Waals surface area (Å²) in [5.74, 6) is 0.225. The summed E-state index contributed by atoms with van der Waals surface area (Å²) in [7, 11) is 1.39. The number of benzene rings is 1. The maximum Gasteiger partial charge on any atom is 0.263 e. The summed E-state index contributed by atoms with van der Waals surface area (Å²) in [4.78, 5) is 25.3. The predicted octanol–water partition coefficient (Wildman–Crippen LogP) is 3.64. The fourth-order valence-corrected chi connectivity index (χ4v) is 2.84. The van der Waals surface area contributed by atoms with Gasteiger partial charge in [0.15, 0.2) is 0 Å². The molecule has 0 aliphatic rings. The Morgan fingerprint density at radius 3 is 2.21 bits per heavy atom. The third-order valence-corrected chi connectivity index (χ3v) is 4.08. The fourth-order valence-electron chi connectivity index (χ4n) is 2.84. The second kappa shape index (κ2) is 7.34. The van der Waals surface area contributed by atoms with Gasteiger partial charge in [0, 0.05) is 5.69 Å². The van der Waals surface area contributed by atoms with E-state index < -0.39 is 11.3 Å². The van der Waals surface area contributed by atoms with E-state index in [-0.39, 0.29) is 17.1 Å². The van der Waals surface area contributed by atoms with Gasteiger partial charge in [-0.15, -0.1) is 0 Å². The van der Waals surface area contributed by atoms with Gasteiger partial charge in [-0.25, -0.2) is 0 Å². The standard InChI is InChI=1S/C19H23NO4/c1-6-13-9-8-10-14(7-2)16(13)20-19(22)15-11(3)24-12(4)18(23-5)17(15)21/h8-10H,6-7H2,1-5H3,(H,20,22). The topological polar surface area (TPSA) is 68.5 Å². The van der Waals surface area contributed by atoms with Gasteiger partial charge in [-0.1, -0.05) is 32.0 Å². The lowest BCUT2D eigenvalue weighted by Gasteiger charge is -2.15. The molecule has 0 spiro atoms. The molecule has 0 unspecified atom stereocenters. The molecule has 1 aromatic carbocycles. The van der Waals surface area contributed by atoms with Gasteiger partial charge < -0.3 is 14.5 Å². The minimum Gasteiger partial charge on any atom is -0.490 e. The molecule has 5 heteroatoms. The van der Waals surface area contributed by atoms with Crippen molar-refractivity contribution >= 4 is 11.6 Å². The van der Waals surface area contributed by atoms with Crippen molar-refractivity contribution in [1.82, 2.24) is 0 Å². The monoisotopic (exact) mass is 329 g/mol. The van der Waals surface area contributed by atoms with Gasteiger partial charge in [0.2, 0.25) is 11.2 Å². The largest absolute Gasteiger partial charge is 0.490 e. The molecule has 128 valence electrons. The summed E-state index contributed by atoms with van der Waals surface area (Å²) in [6.45, 7) is 7.30. The summed E-state index contributed by atoms with van der Waals surface area (Å²) in [6.07, 6.45) is 1.57. The van der Waals surface area contributed by atoms with Crippen LogP contribution >= 0.6 is 0 Å². The Morgan fingerprint density at radius 2 is 1.71 bits per heavy atom. The van der Waals surface area contributed by atoms with Crippen LogP contribution in [0, 0.1) is 13.8 Å². The van der Waals surface area contributed by atoms with Gasteiger partial charge in [-0.05, 0) is 37.8 Å². The molecular weight excluding hydrogens is 306 g/mol. The molecule has 0 fully saturated rings. The van der Waals surface area contributed by atoms with Crippen LogP contribution in [0.15, 0.2) is 27.4 Å². The normalized spacial score (nSPS) is 10.5. The van der Waals surface area contributed by atoms with Crippen LogP contribution in [0.2, 0.25) is 0 Å². The lowest BCUT2D eigenvalue weighted by Crippen LogP contribution is -2.25. The molecule has 0 aliphatic carbocycles. The number of nitrogens with one attached hydrogen (secondary N) is 1. The van der Waals surface area contributed by atoms with Crippen molar-refractivity contribution in [2.75, 3.05) is 12.4 Å². The molecule has 1 amide bonds. The molecule has 2 rings (SSSR count). The Balaban J connectivity index is 2.51. The summed E-state index contributed by atoms with van der Waals surface area (Å²) in [6, 6.07) is 5.92. The molecule has 0 radical (unpaired) electrons. The third-order valence-electron chi connectivity index (χ3n) is 4.08. The van der Waals surface area contributed by atoms with Crippen LogP contribution in [-0.2, 0) is 12.8 Å². The molecule has 1 N–H and O–H groups in total. The van der Waals surface area contributed by atoms with Crippen molar-refractivity contribution < 1.29 is 13.9 Å². The van der Waals surface area contributed by atoms with E-state index in [9.17, 15) is 9.59 Å². The molecule has 0 bridgehead atoms. The maximum absolute atomic E-state index is 12.7. The number of amides is 1. The van der Waals surface area contributed by atoms with E-state index in [4.69, 9.17) is 9.15 Å². The first kappa shape index (κ1) is 17.8. The number of ether oxygens (including phenoxy) is 1. The molecule has 2 aromatic rings. The van der Waals surface area contributed by atoms with Crippen molar-refractivity contribution in [2.24, 2.45) is 0 Å². The van der Waals surface area contributed by atoms with Crippen LogP contribution in [0.4, 0.5) is 5.69 Å². The number of rotatable bonds is 5. The lowest BCUT2D eigenvalue weighted by atomic mass is 10.0. The van der Waals surface area contributed by atoms with E-state index in [1.165, 1.54) is 7.11 Å². The van der Waals surface area contributed by atoms with Crippen LogP contribution in [0.3, 0.4) is 0 Å². The minimum atomic E-state index is -0.477. The van der Waals surface area contributed by atoms with Crippen molar-refractivity contribution in [3.8, 4) is 5.75 Å². The molecule has 24 heavy (non-hydrogen) atoms. The van der Waals surface area contributed by atoms with E-state index in [2.05, 4.69) is 5.32 Å². The summed E-state index contributed by atoms with van der Waals surface area (Å²) in [5.41, 5.74) is 2.35. The zero-order valence-corrected chi connectivity index (χ0v) is 14.8. The van der Waals surface area contributed by atoms with Gasteiger partial charge in [-0.2, -0.15) is 0 Å². The van der Waals surface area contributed by atoms with Crippen LogP contribution in [0.1, 0.15) is 46.9 Å². The molecule has 0 aliphatic heterocycles. The molecular formula is C19H23NO4. The number of para-hydroxylation sites is 1. The van der Waals surface area contributed by atoms with E-state index in [0.29, 0.717) is 5.76 Å². The van der Waals surface area contributed by atoms with E-state index in [1.807, 2.05) is 32.0 Å². The molecule has 1 heterocycles. The van der Waals surface area contributed by atoms with Gasteiger partial charge in [0.1, 0.15) is 17.1 Å². The van der Waals surface area contributed by atoms with Crippen LogP contribution in [0.25, 0.3) is 0 Å². The van der Waals surface area contributed by atoms with E-state index in [0.717, 1.165) is 29.7 Å². The smallest absolute Gasteiger partial charge is 0.263 e. The highest BCUT2D eigenvalue weighted by molar-refractivity contribution is 6.05. The number of aryl methyl sites for hydroxylation is 4. The summed E-state index contributed by atoms with van der Waals surface area (Å²) < 4.78 is 10.6. The first-order valence-corrected chi connectivity index (χ1v) is 8.04. The Morgan fingerprint density at radius 1 is 1.12 bits per heavy atom. The average Bonchev–Trinajstić information content (AvgIpc) is 2.54. The Kier molecular flexibility index (Phi) is 5.44. The fraction of sp³-hybridized carbons (Fsp3) is 0.368. The summed E-state index contributed by atoms with van der Waals surface area (Å²) >= 11 is 0. The predicted molar refractivity (Wildman–Crippen MR) is 94.2 cm³/mol. The molecule has 5 nitrogen and oxygen atoms in total. The van der Waals surface area contributed by atoms with Crippen LogP contribution < -0.4 is 15.5 Å². The van der Waals surface area contributed by atoms with Gasteiger partial charge in [0.25, 0.3) is 5.91 Å². The number of hydrogen-bond acceptors (Lipinski definition) is 4. The number of carbonyl (C=O) groups excluding carboxylic acids is 1. The van der Waals surface area contributed by atoms with Gasteiger partial charge >= 0.3 is 0 Å². The van der Waals surface area contributed by atoms with Crippen molar-refractivity contribution in [2.45, 2.75) is 40.5 Å². The van der Waals surface area contributed by atoms with Gasteiger partial charge in [-0.3, -0.25) is 9.59 Å². The Bertz CT molecular complexity index is 799. The highest BCUT2D eigenvalue weighted by atomic mass is 16.5. The van der Waals surface area contributed by atoms with Crippen molar-refractivity contribution in [3.05, 3.63) is 56.6 Å². The minimum absolute atomic E-state index is 0.0228. The van der Waals surface area contributed by atoms with Crippen LogP contribution in [0.5, 0.6) is 5.75 Å². The van der Waals surface area contributed by atoms with Crippen LogP contribution in [-0.4, -0.2) is 13.0 Å². The highest BCUT2D eigenvalue weighted by Crippen LogP contribution is 2.24. The number of hydrogen-bond donors (Lipinski definition) is 1. The first-order valence-electron chi connectivity index (χ1n) is 8.04. The quantitative estimate of drug-likeness (QED) is 0.909. The highest BCUT2D eigenvalue weighted by Gasteiger charge is 2.22. The number of methoxy groups -OCH3 is 1. The summed E-state index contributed by atoms with van der Waals surface area (Å²) in [5, 5.41) is 2.90. The van der Waals surface area contributed by atoms with Crippen molar-refractivity contribution in [3.63, 3.8) is 0 Å². The Hall–Kier alpha value is -2.56. The zero-order valence-electron chi connectivity index (χ0n) is 14.8. The molecule has 0 saturated heterocycles. The zero-order chi connectivity index (χ0) is 17.9. The number of carbonyl (C=O) groups is 1. The van der Waals surface area contributed by atoms with E-state index in [1.54, 1.807) is 13.8 Å². The molecule has 0 atom stereocenters. The first-order chi connectivity index (χ1) is 11.4. The second-order valence-electron chi connectivity index (χ2n) is 5.56. The maximum atomic E-state index is 12.7. The van der Waals surface area contributed by atoms with Gasteiger partial charge in [0.05, 0.1) is 7.11 Å². The van der Waals surface area contributed by atoms with E-state index >= 15 is 0 Å². The Labute approximate surface area is 141 Å². The number of anilines is 1. The SMILES string of the molecule is CCc1cccc(CC)c1NC(=O)c1c(C)oc(C)c(OC)c1=O. The second-order valence-corrected chi connectivity index (χ2v) is 5.56. The third kappa shape index (κ3) is 3.20. The lowest BCUT2D eigenvalue weighted by molar-refractivity contribution is 0.102.